The molecular formula is C38H24N3OPtS-. The van der Waals surface area contributed by atoms with Crippen LogP contribution in [0.1, 0.15) is 0 Å². The third-order valence-electron chi connectivity index (χ3n) is 7.72. The maximum atomic E-state index is 10.7. The molecule has 44 heavy (non-hydrogen) atoms. The molecule has 0 unspecified atom stereocenters. The van der Waals surface area contributed by atoms with Crippen molar-refractivity contribution in [2.45, 2.75) is 9.92 Å². The van der Waals surface area contributed by atoms with Crippen molar-refractivity contribution >= 4 is 44.5 Å². The summed E-state index contributed by atoms with van der Waals surface area (Å²) in [6, 6.07) is 48.6. The first-order valence-corrected chi connectivity index (χ1v) is 14.9. The fraction of sp³-hybridized carbons (Fsp3) is 0. The van der Waals surface area contributed by atoms with Gasteiger partial charge in [-0.15, -0.1) is 29.8 Å². The third kappa shape index (κ3) is 5.09. The molecule has 0 bridgehead atoms. The van der Waals surface area contributed by atoms with Crippen LogP contribution in [0.5, 0.6) is 5.75 Å². The Kier molecular flexibility index (Phi) is 7.51. The van der Waals surface area contributed by atoms with Crippen molar-refractivity contribution in [3.63, 3.8) is 0 Å². The van der Waals surface area contributed by atoms with Gasteiger partial charge in [-0.25, -0.2) is 4.98 Å². The molecule has 0 aliphatic carbocycles. The number of phenolic OH excluding ortho intramolecular Hbond substituents is 1. The smallest absolute Gasteiger partial charge is 0.139 e. The zero-order valence-electron chi connectivity index (χ0n) is 23.3. The Bertz CT molecular complexity index is 2310. The van der Waals surface area contributed by atoms with E-state index in [1.807, 2.05) is 59.3 Å². The predicted octanol–water partition coefficient (Wildman–Crippen LogP) is 9.72. The van der Waals surface area contributed by atoms with Gasteiger partial charge in [-0.2, -0.15) is 0 Å². The van der Waals surface area contributed by atoms with Crippen molar-refractivity contribution < 1.29 is 26.2 Å². The molecule has 214 valence electrons. The first-order chi connectivity index (χ1) is 21.2. The predicted molar refractivity (Wildman–Crippen MR) is 176 cm³/mol. The van der Waals surface area contributed by atoms with E-state index in [2.05, 4.69) is 89.9 Å². The Hall–Kier alpha value is -4.70. The second-order valence-corrected chi connectivity index (χ2v) is 11.4. The van der Waals surface area contributed by atoms with Gasteiger partial charge in [0, 0.05) is 38.0 Å². The fourth-order valence-corrected chi connectivity index (χ4v) is 6.50. The zero-order chi connectivity index (χ0) is 28.8. The minimum atomic E-state index is 0. The second kappa shape index (κ2) is 11.8. The average Bonchev–Trinajstić information content (AvgIpc) is 3.38. The molecule has 0 spiro atoms. The third-order valence-corrected chi connectivity index (χ3v) is 8.61. The molecule has 0 fully saturated rings. The van der Waals surface area contributed by atoms with Crippen molar-refractivity contribution in [1.29, 1.82) is 0 Å². The van der Waals surface area contributed by atoms with Gasteiger partial charge < -0.3 is 5.11 Å². The van der Waals surface area contributed by atoms with Crippen molar-refractivity contribution in [1.82, 2.24) is 14.5 Å². The molecule has 0 radical (unpaired) electrons. The molecule has 0 saturated heterocycles. The number of hydrogen-bond donors (Lipinski definition) is 1. The van der Waals surface area contributed by atoms with Gasteiger partial charge in [0.05, 0.1) is 16.2 Å². The summed E-state index contributed by atoms with van der Waals surface area (Å²) >= 11 is 1.59. The number of hydrogen-bond acceptors (Lipinski definition) is 4. The number of nitrogens with zero attached hydrogens (tertiary/aromatic N) is 3. The van der Waals surface area contributed by atoms with Gasteiger partial charge in [-0.3, -0.25) is 9.55 Å². The number of aromatic nitrogens is 3. The van der Waals surface area contributed by atoms with Gasteiger partial charge in [0.2, 0.25) is 0 Å². The van der Waals surface area contributed by atoms with E-state index in [0.717, 1.165) is 54.2 Å². The number of phenols is 1. The minimum absolute atomic E-state index is 0. The van der Waals surface area contributed by atoms with E-state index in [1.165, 1.54) is 10.8 Å². The molecular weight excluding hydrogens is 742 g/mol. The molecule has 8 rings (SSSR count). The summed E-state index contributed by atoms with van der Waals surface area (Å²) in [5.74, 6) is 0.209. The van der Waals surface area contributed by atoms with Crippen molar-refractivity contribution in [2.75, 3.05) is 0 Å². The molecule has 0 aliphatic rings. The standard InChI is InChI=1S/C38H24N3OS.Pt/c42-36-15-6-5-14-35(36)41-34-13-4-3-12-31(34)32-18-19-33(40-38(32)41)29-10-7-11-30(23-29)43-37-24-28(20-21-39-37)27-17-16-25-8-1-2-9-26(25)22-27;/h1-22,24,42H;/q-1;. The molecule has 3 heterocycles. The second-order valence-electron chi connectivity index (χ2n) is 10.4. The van der Waals surface area contributed by atoms with Crippen LogP contribution in [-0.4, -0.2) is 19.6 Å². The number of pyridine rings is 2. The first kappa shape index (κ1) is 28.1. The Morgan fingerprint density at radius 3 is 2.36 bits per heavy atom. The largest absolute Gasteiger partial charge is 0.506 e. The van der Waals surface area contributed by atoms with E-state index in [4.69, 9.17) is 4.98 Å². The van der Waals surface area contributed by atoms with Crippen LogP contribution in [0.2, 0.25) is 0 Å². The number of para-hydroxylation sites is 3. The Morgan fingerprint density at radius 1 is 0.659 bits per heavy atom. The molecule has 0 aliphatic heterocycles. The van der Waals surface area contributed by atoms with Gasteiger partial charge in [0.1, 0.15) is 11.4 Å². The van der Waals surface area contributed by atoms with Gasteiger partial charge in [0.15, 0.2) is 0 Å². The molecule has 0 atom stereocenters. The van der Waals surface area contributed by atoms with Gasteiger partial charge in [-0.1, -0.05) is 95.5 Å². The topological polar surface area (TPSA) is 50.9 Å². The normalized spacial score (nSPS) is 11.2. The molecule has 3 aromatic heterocycles. The van der Waals surface area contributed by atoms with Gasteiger partial charge in [-0.05, 0) is 64.0 Å². The van der Waals surface area contributed by atoms with Crippen LogP contribution in [0.15, 0.2) is 150 Å². The molecule has 4 nitrogen and oxygen atoms in total. The van der Waals surface area contributed by atoms with E-state index in [0.29, 0.717) is 5.69 Å². The number of benzene rings is 5. The number of aromatic hydroxyl groups is 1. The van der Waals surface area contributed by atoms with Crippen LogP contribution in [0, 0.1) is 6.07 Å². The van der Waals surface area contributed by atoms with Crippen molar-refractivity contribution in [3.05, 3.63) is 146 Å². The first-order valence-electron chi connectivity index (χ1n) is 14.1. The molecule has 0 amide bonds. The summed E-state index contributed by atoms with van der Waals surface area (Å²) in [5, 5.41) is 16.2. The van der Waals surface area contributed by atoms with Crippen LogP contribution >= 0.6 is 11.8 Å². The summed E-state index contributed by atoms with van der Waals surface area (Å²) < 4.78 is 2.03. The van der Waals surface area contributed by atoms with E-state index in [-0.39, 0.29) is 26.8 Å². The quantitative estimate of drug-likeness (QED) is 0.178. The van der Waals surface area contributed by atoms with Gasteiger partial charge in [0.25, 0.3) is 0 Å². The van der Waals surface area contributed by atoms with Crippen LogP contribution in [0.4, 0.5) is 0 Å². The Balaban J connectivity index is 0.00000312. The number of rotatable bonds is 5. The average molecular weight is 766 g/mol. The summed E-state index contributed by atoms with van der Waals surface area (Å²) in [7, 11) is 0. The van der Waals surface area contributed by atoms with Crippen LogP contribution in [0.3, 0.4) is 0 Å². The van der Waals surface area contributed by atoms with Crippen LogP contribution in [0.25, 0.3) is 60.8 Å². The van der Waals surface area contributed by atoms with E-state index in [1.54, 1.807) is 17.8 Å². The van der Waals surface area contributed by atoms with E-state index >= 15 is 0 Å². The van der Waals surface area contributed by atoms with Crippen LogP contribution < -0.4 is 0 Å². The SMILES string of the molecule is Oc1ccccc1-n1c2ccccc2c2ccc(-c3[c-]c(Sc4cc(-c5ccc6ccccc6c5)ccn4)ccc3)nc21.[Pt]. The summed E-state index contributed by atoms with van der Waals surface area (Å²) in [4.78, 5) is 10.7. The summed E-state index contributed by atoms with van der Waals surface area (Å²) in [5.41, 5.74) is 6.48. The monoisotopic (exact) mass is 765 g/mol. The minimum Gasteiger partial charge on any atom is -0.506 e. The Labute approximate surface area is 273 Å². The summed E-state index contributed by atoms with van der Waals surface area (Å²) in [6.07, 6.45) is 1.87. The van der Waals surface area contributed by atoms with E-state index in [9.17, 15) is 5.11 Å². The zero-order valence-corrected chi connectivity index (χ0v) is 26.4. The van der Waals surface area contributed by atoms with Crippen LogP contribution in [-0.2, 0) is 21.1 Å². The van der Waals surface area contributed by atoms with Crippen molar-refractivity contribution in [2.24, 2.45) is 0 Å². The molecule has 0 saturated carbocycles. The van der Waals surface area contributed by atoms with E-state index < -0.39 is 0 Å². The Morgan fingerprint density at radius 2 is 1.45 bits per heavy atom. The molecule has 6 heteroatoms. The summed E-state index contributed by atoms with van der Waals surface area (Å²) in [6.45, 7) is 0. The maximum absolute atomic E-state index is 10.7. The number of fused-ring (bicyclic) bond motifs is 4. The molecule has 1 N–H and O–H groups in total. The maximum Gasteiger partial charge on any atom is 0.139 e. The molecule has 8 aromatic rings. The van der Waals surface area contributed by atoms with Gasteiger partial charge >= 0.3 is 0 Å². The molecule has 5 aromatic carbocycles. The van der Waals surface area contributed by atoms with Crippen molar-refractivity contribution in [3.8, 4) is 33.8 Å². The fourth-order valence-electron chi connectivity index (χ4n) is 5.67.